The van der Waals surface area contributed by atoms with Gasteiger partial charge in [0, 0.05) is 20.2 Å². The van der Waals surface area contributed by atoms with Crippen LogP contribution in [0.4, 0.5) is 0 Å². The van der Waals surface area contributed by atoms with E-state index in [-0.39, 0.29) is 0 Å². The zero-order valence-electron chi connectivity index (χ0n) is 20.1. The molecule has 0 aliphatic carbocycles. The molecule has 0 amide bonds. The number of aromatic nitrogens is 1. The molecule has 2 aromatic heterocycles. The van der Waals surface area contributed by atoms with E-state index < -0.39 is 11.2 Å². The smallest absolute Gasteiger partial charge is 0.332 e. The molecular formula is C29H25BNO3S. The van der Waals surface area contributed by atoms with Gasteiger partial charge in [0.2, 0.25) is 5.89 Å². The van der Waals surface area contributed by atoms with Gasteiger partial charge >= 0.3 is 7.48 Å². The Hall–Kier alpha value is -3.19. The molecule has 1 N–H and O–H groups in total. The molecule has 2 heterocycles. The number of aliphatic hydroxyl groups is 1. The van der Waals surface area contributed by atoms with Crippen LogP contribution in [-0.4, -0.2) is 28.8 Å². The number of oxazole rings is 1. The van der Waals surface area contributed by atoms with Crippen LogP contribution in [-0.2, 0) is 4.65 Å². The maximum atomic E-state index is 10.5. The predicted octanol–water partition coefficient (Wildman–Crippen LogP) is 6.83. The molecule has 4 nitrogen and oxygen atoms in total. The third-order valence-corrected chi connectivity index (χ3v) is 8.32. The van der Waals surface area contributed by atoms with E-state index in [1.807, 2.05) is 44.2 Å². The van der Waals surface area contributed by atoms with Crippen molar-refractivity contribution in [3.05, 3.63) is 72.8 Å². The van der Waals surface area contributed by atoms with E-state index in [4.69, 9.17) is 14.1 Å². The molecule has 6 aromatic rings. The molecule has 0 saturated heterocycles. The Balaban J connectivity index is 1.48. The van der Waals surface area contributed by atoms with Gasteiger partial charge in [-0.25, -0.2) is 4.98 Å². The average molecular weight is 478 g/mol. The quantitative estimate of drug-likeness (QED) is 0.276. The van der Waals surface area contributed by atoms with Crippen LogP contribution in [0.25, 0.3) is 53.5 Å². The summed E-state index contributed by atoms with van der Waals surface area (Å²) in [5, 5.41) is 15.0. The lowest BCUT2D eigenvalue weighted by Crippen LogP contribution is -2.49. The molecule has 0 fully saturated rings. The Morgan fingerprint density at radius 1 is 0.829 bits per heavy atom. The Labute approximate surface area is 208 Å². The van der Waals surface area contributed by atoms with Crippen molar-refractivity contribution >= 4 is 66.3 Å². The number of hydrogen-bond donors (Lipinski definition) is 1. The van der Waals surface area contributed by atoms with Crippen molar-refractivity contribution in [1.29, 1.82) is 0 Å². The van der Waals surface area contributed by atoms with Gasteiger partial charge in [0.15, 0.2) is 5.58 Å². The van der Waals surface area contributed by atoms with E-state index in [0.717, 1.165) is 53.1 Å². The Morgan fingerprint density at radius 3 is 2.34 bits per heavy atom. The van der Waals surface area contributed by atoms with Crippen LogP contribution < -0.4 is 5.46 Å². The highest BCUT2D eigenvalue weighted by Gasteiger charge is 2.36. The van der Waals surface area contributed by atoms with Gasteiger partial charge in [0.25, 0.3) is 0 Å². The SMILES string of the molecule is CC(C)(O)C(C)(C)O[B]c1cccc2c1sc1c(-c3nc4ccc5ccccc5c4o3)cccc12. The first-order chi connectivity index (χ1) is 16.7. The molecule has 1 radical (unpaired) electrons. The summed E-state index contributed by atoms with van der Waals surface area (Å²) in [7, 11) is 1.76. The number of rotatable bonds is 5. The summed E-state index contributed by atoms with van der Waals surface area (Å²) in [4.78, 5) is 4.85. The van der Waals surface area contributed by atoms with Gasteiger partial charge in [0.05, 0.1) is 16.8 Å². The summed E-state index contributed by atoms with van der Waals surface area (Å²) in [5.74, 6) is 0.624. The van der Waals surface area contributed by atoms with Gasteiger partial charge in [0.1, 0.15) is 5.52 Å². The van der Waals surface area contributed by atoms with Gasteiger partial charge in [-0.3, -0.25) is 0 Å². The number of benzene rings is 4. The maximum absolute atomic E-state index is 10.5. The summed E-state index contributed by atoms with van der Waals surface area (Å²) in [6.45, 7) is 7.31. The lowest BCUT2D eigenvalue weighted by atomic mass is 9.82. The molecule has 0 unspecified atom stereocenters. The third kappa shape index (κ3) is 3.64. The molecular weight excluding hydrogens is 453 g/mol. The molecule has 0 saturated carbocycles. The standard InChI is InChI=1S/C29H25BNO3S/c1-28(2,32)29(3,4)34-30-22-14-8-12-20-19-11-7-13-21(25(19)35-26(20)22)27-31-23-16-15-17-9-5-6-10-18(17)24(23)33-27/h5-16,32H,1-4H3. The van der Waals surface area contributed by atoms with Crippen molar-refractivity contribution in [1.82, 2.24) is 4.98 Å². The van der Waals surface area contributed by atoms with Gasteiger partial charge in [-0.2, -0.15) is 0 Å². The van der Waals surface area contributed by atoms with E-state index in [2.05, 4.69) is 42.5 Å². The second-order valence-electron chi connectivity index (χ2n) is 9.97. The summed E-state index contributed by atoms with van der Waals surface area (Å²) in [6, 6.07) is 24.8. The van der Waals surface area contributed by atoms with Crippen LogP contribution >= 0.6 is 11.3 Å². The fourth-order valence-corrected chi connectivity index (χ4v) is 5.51. The second kappa shape index (κ2) is 7.92. The predicted molar refractivity (Wildman–Crippen MR) is 147 cm³/mol. The van der Waals surface area contributed by atoms with E-state index in [1.54, 1.807) is 32.7 Å². The van der Waals surface area contributed by atoms with Gasteiger partial charge < -0.3 is 14.2 Å². The largest absolute Gasteiger partial charge is 0.435 e. The fourth-order valence-electron chi connectivity index (χ4n) is 4.23. The first-order valence-electron chi connectivity index (χ1n) is 11.7. The lowest BCUT2D eigenvalue weighted by Gasteiger charge is -2.37. The van der Waals surface area contributed by atoms with Crippen molar-refractivity contribution in [2.24, 2.45) is 0 Å². The van der Waals surface area contributed by atoms with E-state index in [0.29, 0.717) is 5.89 Å². The number of nitrogens with zero attached hydrogens (tertiary/aromatic N) is 1. The fraction of sp³-hybridized carbons (Fsp3) is 0.207. The minimum absolute atomic E-state index is 0.624. The van der Waals surface area contributed by atoms with Crippen LogP contribution in [0, 0.1) is 0 Å². The van der Waals surface area contributed by atoms with E-state index in [1.165, 1.54) is 0 Å². The summed E-state index contributed by atoms with van der Waals surface area (Å²) >= 11 is 1.71. The highest BCUT2D eigenvalue weighted by molar-refractivity contribution is 7.27. The minimum atomic E-state index is -0.984. The van der Waals surface area contributed by atoms with Crippen LogP contribution in [0.1, 0.15) is 27.7 Å². The number of hydrogen-bond acceptors (Lipinski definition) is 5. The highest BCUT2D eigenvalue weighted by atomic mass is 32.1. The Morgan fingerprint density at radius 2 is 1.54 bits per heavy atom. The maximum Gasteiger partial charge on any atom is 0.332 e. The third-order valence-electron chi connectivity index (χ3n) is 7.02. The highest BCUT2D eigenvalue weighted by Crippen LogP contribution is 2.40. The first kappa shape index (κ1) is 22.3. The number of fused-ring (bicyclic) bond motifs is 6. The van der Waals surface area contributed by atoms with Crippen LogP contribution in [0.2, 0.25) is 0 Å². The van der Waals surface area contributed by atoms with E-state index >= 15 is 0 Å². The topological polar surface area (TPSA) is 55.5 Å². The molecule has 0 aliphatic heterocycles. The van der Waals surface area contributed by atoms with Crippen molar-refractivity contribution in [3.8, 4) is 11.5 Å². The zero-order chi connectivity index (χ0) is 24.4. The monoisotopic (exact) mass is 478 g/mol. The molecule has 6 rings (SSSR count). The Kier molecular flexibility index (Phi) is 5.04. The van der Waals surface area contributed by atoms with Crippen LogP contribution in [0.15, 0.2) is 77.2 Å². The van der Waals surface area contributed by atoms with Crippen molar-refractivity contribution in [2.75, 3.05) is 0 Å². The molecule has 0 bridgehead atoms. The first-order valence-corrected chi connectivity index (χ1v) is 12.5. The van der Waals surface area contributed by atoms with Gasteiger partial charge in [-0.15, -0.1) is 11.3 Å². The lowest BCUT2D eigenvalue weighted by molar-refractivity contribution is -0.0893. The molecule has 0 atom stereocenters. The van der Waals surface area contributed by atoms with Crippen molar-refractivity contribution < 1.29 is 14.2 Å². The van der Waals surface area contributed by atoms with Gasteiger partial charge in [-0.1, -0.05) is 60.7 Å². The minimum Gasteiger partial charge on any atom is -0.435 e. The number of thiophene rings is 1. The molecule has 0 aliphatic rings. The Bertz CT molecular complexity index is 1730. The van der Waals surface area contributed by atoms with Gasteiger partial charge in [-0.05, 0) is 56.1 Å². The second-order valence-corrected chi connectivity index (χ2v) is 11.0. The van der Waals surface area contributed by atoms with Crippen molar-refractivity contribution in [2.45, 2.75) is 38.9 Å². The van der Waals surface area contributed by atoms with Crippen molar-refractivity contribution in [3.63, 3.8) is 0 Å². The molecule has 173 valence electrons. The van der Waals surface area contributed by atoms with Crippen LogP contribution in [0.5, 0.6) is 0 Å². The normalized spacial score (nSPS) is 12.8. The average Bonchev–Trinajstić information content (AvgIpc) is 3.44. The molecule has 35 heavy (non-hydrogen) atoms. The van der Waals surface area contributed by atoms with E-state index in [9.17, 15) is 5.11 Å². The summed E-state index contributed by atoms with van der Waals surface area (Å²) in [5.41, 5.74) is 1.91. The summed E-state index contributed by atoms with van der Waals surface area (Å²) in [6.07, 6.45) is 0. The molecule has 6 heteroatoms. The molecule has 4 aromatic carbocycles. The zero-order valence-corrected chi connectivity index (χ0v) is 20.9. The van der Waals surface area contributed by atoms with Crippen LogP contribution in [0.3, 0.4) is 0 Å². The summed E-state index contributed by atoms with van der Waals surface area (Å²) < 4.78 is 14.7. The molecule has 0 spiro atoms.